The summed E-state index contributed by atoms with van der Waals surface area (Å²) in [6, 6.07) is 6.10. The Balaban J connectivity index is 3.33. The number of benzene rings is 1. The van der Waals surface area contributed by atoms with Gasteiger partial charge in [-0.2, -0.15) is 9.57 Å². The summed E-state index contributed by atoms with van der Waals surface area (Å²) in [5, 5.41) is 8.95. The minimum Gasteiger partial charge on any atom is -0.207 e. The molecule has 0 aliphatic rings. The molecule has 4 nitrogen and oxygen atoms in total. The average Bonchev–Trinajstić information content (AvgIpc) is 2.35. The molecule has 19 heavy (non-hydrogen) atoms. The molecule has 0 amide bonds. The van der Waals surface area contributed by atoms with E-state index in [9.17, 15) is 8.42 Å². The van der Waals surface area contributed by atoms with Gasteiger partial charge in [-0.1, -0.05) is 30.7 Å². The topological polar surface area (TPSA) is 61.2 Å². The summed E-state index contributed by atoms with van der Waals surface area (Å²) in [6.07, 6.45) is 0. The first-order chi connectivity index (χ1) is 8.82. The van der Waals surface area contributed by atoms with E-state index in [1.165, 1.54) is 22.5 Å². The van der Waals surface area contributed by atoms with Gasteiger partial charge >= 0.3 is 0 Å². The van der Waals surface area contributed by atoms with Crippen molar-refractivity contribution in [2.24, 2.45) is 0 Å². The van der Waals surface area contributed by atoms with Crippen LogP contribution in [0, 0.1) is 11.3 Å². The maximum atomic E-state index is 12.5. The number of hydrogen-bond acceptors (Lipinski definition) is 3. The number of hydrogen-bond donors (Lipinski definition) is 0. The van der Waals surface area contributed by atoms with Gasteiger partial charge in [0.15, 0.2) is 0 Å². The molecule has 0 bridgehead atoms. The molecule has 0 aromatic heterocycles. The molecule has 1 aromatic carbocycles. The summed E-state index contributed by atoms with van der Waals surface area (Å²) in [4.78, 5) is -0.0451. The maximum Gasteiger partial charge on any atom is 0.244 e. The smallest absolute Gasteiger partial charge is 0.207 e. The molecule has 0 fully saturated rings. The third-order valence-electron chi connectivity index (χ3n) is 2.48. The second-order valence-electron chi connectivity index (χ2n) is 4.15. The van der Waals surface area contributed by atoms with E-state index in [4.69, 9.17) is 16.9 Å². The van der Waals surface area contributed by atoms with Crippen LogP contribution in [-0.4, -0.2) is 25.8 Å². The fourth-order valence-electron chi connectivity index (χ4n) is 1.58. The zero-order chi connectivity index (χ0) is 14.6. The van der Waals surface area contributed by atoms with E-state index >= 15 is 0 Å². The van der Waals surface area contributed by atoms with Crippen LogP contribution >= 0.6 is 11.6 Å². The minimum absolute atomic E-state index is 0.0451. The van der Waals surface area contributed by atoms with E-state index < -0.39 is 10.0 Å². The average molecular weight is 299 g/mol. The molecule has 0 N–H and O–H groups in total. The van der Waals surface area contributed by atoms with E-state index in [1.807, 2.05) is 6.07 Å². The largest absolute Gasteiger partial charge is 0.244 e. The Morgan fingerprint density at radius 1 is 1.53 bits per heavy atom. The van der Waals surface area contributed by atoms with E-state index in [-0.39, 0.29) is 22.0 Å². The lowest BCUT2D eigenvalue weighted by Crippen LogP contribution is -2.32. The van der Waals surface area contributed by atoms with Crippen LogP contribution in [0.15, 0.2) is 35.2 Å². The molecule has 1 aromatic rings. The standard InChI is InChI=1S/C13H15ClN2O2S/c1-4-16(9-10(2)3)19(17,18)13-7-11(8-15)5-6-12(13)14/h5-7H,2,4,9H2,1,3H3. The first-order valence-corrected chi connectivity index (χ1v) is 7.49. The normalized spacial score (nSPS) is 11.3. The molecule has 102 valence electrons. The van der Waals surface area contributed by atoms with Gasteiger partial charge in [0.1, 0.15) is 4.90 Å². The summed E-state index contributed by atoms with van der Waals surface area (Å²) in [6.45, 7) is 7.74. The van der Waals surface area contributed by atoms with Gasteiger partial charge in [-0.3, -0.25) is 0 Å². The van der Waals surface area contributed by atoms with Crippen LogP contribution in [0.3, 0.4) is 0 Å². The molecule has 0 aliphatic heterocycles. The molecule has 0 spiro atoms. The molecule has 1 rings (SSSR count). The lowest BCUT2D eigenvalue weighted by atomic mass is 10.2. The third kappa shape index (κ3) is 3.57. The maximum absolute atomic E-state index is 12.5. The van der Waals surface area contributed by atoms with E-state index in [0.29, 0.717) is 6.54 Å². The Labute approximate surface area is 119 Å². The predicted octanol–water partition coefficient (Wildman–Crippen LogP) is 2.80. The summed E-state index contributed by atoms with van der Waals surface area (Å²) < 4.78 is 26.2. The lowest BCUT2D eigenvalue weighted by molar-refractivity contribution is 0.453. The predicted molar refractivity (Wildman–Crippen MR) is 75.4 cm³/mol. The summed E-state index contributed by atoms with van der Waals surface area (Å²) >= 11 is 5.94. The number of sulfonamides is 1. The highest BCUT2D eigenvalue weighted by molar-refractivity contribution is 7.89. The Kier molecular flexibility index (Phi) is 5.12. The highest BCUT2D eigenvalue weighted by Gasteiger charge is 2.25. The Bertz CT molecular complexity index is 633. The summed E-state index contributed by atoms with van der Waals surface area (Å²) in [7, 11) is -3.72. The van der Waals surface area contributed by atoms with Crippen molar-refractivity contribution in [3.8, 4) is 6.07 Å². The molecule has 0 saturated heterocycles. The number of rotatable bonds is 5. The Morgan fingerprint density at radius 2 is 2.16 bits per heavy atom. The van der Waals surface area contributed by atoms with Crippen molar-refractivity contribution in [2.45, 2.75) is 18.7 Å². The Hall–Kier alpha value is -1.35. The fraction of sp³-hybridized carbons (Fsp3) is 0.308. The van der Waals surface area contributed by atoms with Crippen LogP contribution in [0.2, 0.25) is 5.02 Å². The van der Waals surface area contributed by atoms with Crippen molar-refractivity contribution in [1.82, 2.24) is 4.31 Å². The van der Waals surface area contributed by atoms with Gasteiger partial charge in [-0.15, -0.1) is 0 Å². The van der Waals surface area contributed by atoms with Crippen LogP contribution in [0.1, 0.15) is 19.4 Å². The minimum atomic E-state index is -3.72. The lowest BCUT2D eigenvalue weighted by Gasteiger charge is -2.21. The molecule has 0 atom stereocenters. The number of likely N-dealkylation sites (N-methyl/N-ethyl adjacent to an activating group) is 1. The van der Waals surface area contributed by atoms with Crippen molar-refractivity contribution in [3.63, 3.8) is 0 Å². The van der Waals surface area contributed by atoms with Crippen LogP contribution in [0.5, 0.6) is 0 Å². The van der Waals surface area contributed by atoms with Crippen LogP contribution in [-0.2, 0) is 10.0 Å². The first kappa shape index (κ1) is 15.7. The molecule has 6 heteroatoms. The van der Waals surface area contributed by atoms with Gasteiger partial charge in [-0.25, -0.2) is 8.42 Å². The third-order valence-corrected chi connectivity index (χ3v) is 4.88. The van der Waals surface area contributed by atoms with Gasteiger partial charge in [0.05, 0.1) is 16.7 Å². The quantitative estimate of drug-likeness (QED) is 0.785. The number of nitrogens with zero attached hydrogens (tertiary/aromatic N) is 2. The second-order valence-corrected chi connectivity index (χ2v) is 6.46. The zero-order valence-electron chi connectivity index (χ0n) is 10.9. The van der Waals surface area contributed by atoms with Gasteiger partial charge in [0, 0.05) is 13.1 Å². The summed E-state index contributed by atoms with van der Waals surface area (Å²) in [5.74, 6) is 0. The zero-order valence-corrected chi connectivity index (χ0v) is 12.4. The molecule has 0 heterocycles. The number of nitriles is 1. The molecule has 0 saturated carbocycles. The van der Waals surface area contributed by atoms with Crippen LogP contribution < -0.4 is 0 Å². The molecular formula is C13H15ClN2O2S. The Morgan fingerprint density at radius 3 is 2.63 bits per heavy atom. The second kappa shape index (κ2) is 6.20. The molecule has 0 aliphatic carbocycles. The van der Waals surface area contributed by atoms with Crippen molar-refractivity contribution in [3.05, 3.63) is 40.9 Å². The molecule has 0 radical (unpaired) electrons. The van der Waals surface area contributed by atoms with E-state index in [1.54, 1.807) is 13.8 Å². The SMILES string of the molecule is C=C(C)CN(CC)S(=O)(=O)c1cc(C#N)ccc1Cl. The monoisotopic (exact) mass is 298 g/mol. The first-order valence-electron chi connectivity index (χ1n) is 5.67. The van der Waals surface area contributed by atoms with Gasteiger partial charge in [-0.05, 0) is 25.1 Å². The van der Waals surface area contributed by atoms with Crippen molar-refractivity contribution in [2.75, 3.05) is 13.1 Å². The van der Waals surface area contributed by atoms with Crippen LogP contribution in [0.4, 0.5) is 0 Å². The van der Waals surface area contributed by atoms with Crippen molar-refractivity contribution < 1.29 is 8.42 Å². The van der Waals surface area contributed by atoms with Gasteiger partial charge in [0.25, 0.3) is 0 Å². The van der Waals surface area contributed by atoms with Gasteiger partial charge < -0.3 is 0 Å². The van der Waals surface area contributed by atoms with E-state index in [0.717, 1.165) is 5.57 Å². The molecular weight excluding hydrogens is 284 g/mol. The highest BCUT2D eigenvalue weighted by atomic mass is 35.5. The van der Waals surface area contributed by atoms with Crippen LogP contribution in [0.25, 0.3) is 0 Å². The van der Waals surface area contributed by atoms with Crippen molar-refractivity contribution in [1.29, 1.82) is 5.26 Å². The molecule has 0 unspecified atom stereocenters. The highest BCUT2D eigenvalue weighted by Crippen LogP contribution is 2.26. The summed E-state index contributed by atoms with van der Waals surface area (Å²) in [5.41, 5.74) is 0.993. The van der Waals surface area contributed by atoms with Crippen molar-refractivity contribution >= 4 is 21.6 Å². The fourth-order valence-corrected chi connectivity index (χ4v) is 3.59. The van der Waals surface area contributed by atoms with E-state index in [2.05, 4.69) is 6.58 Å². The van der Waals surface area contributed by atoms with Gasteiger partial charge in [0.2, 0.25) is 10.0 Å². The number of halogens is 1.